The van der Waals surface area contributed by atoms with Gasteiger partial charge in [-0.05, 0) is 107 Å². The quantitative estimate of drug-likeness (QED) is 0.211. The van der Waals surface area contributed by atoms with E-state index in [1.54, 1.807) is 107 Å². The van der Waals surface area contributed by atoms with Gasteiger partial charge < -0.3 is 23.4 Å². The van der Waals surface area contributed by atoms with Crippen LogP contribution >= 0.6 is 0 Å². The molecule has 0 atom stereocenters. The van der Waals surface area contributed by atoms with Gasteiger partial charge in [0.1, 0.15) is 22.5 Å². The summed E-state index contributed by atoms with van der Waals surface area (Å²) in [7, 11) is 0. The molecule has 0 fully saturated rings. The van der Waals surface area contributed by atoms with Crippen LogP contribution in [0, 0.1) is 21.7 Å². The van der Waals surface area contributed by atoms with E-state index in [2.05, 4.69) is 0 Å². The summed E-state index contributed by atoms with van der Waals surface area (Å²) in [5.74, 6) is -3.21. The second kappa shape index (κ2) is 12.1. The predicted octanol–water partition coefficient (Wildman–Crippen LogP) is 7.27. The van der Waals surface area contributed by atoms with Crippen LogP contribution in [-0.4, -0.2) is 23.9 Å². The van der Waals surface area contributed by atoms with Gasteiger partial charge in [-0.2, -0.15) is 0 Å². The van der Waals surface area contributed by atoms with Gasteiger partial charge in [-0.15, -0.1) is 0 Å². The van der Waals surface area contributed by atoms with Crippen LogP contribution in [0.3, 0.4) is 0 Å². The van der Waals surface area contributed by atoms with Crippen LogP contribution in [0.1, 0.15) is 83.1 Å². The normalized spacial score (nSPS) is 12.4. The highest BCUT2D eigenvalue weighted by atomic mass is 16.6. The smallest absolute Gasteiger partial charge is 0.316 e. The molecule has 10 heteroatoms. The molecule has 0 unspecified atom stereocenters. The van der Waals surface area contributed by atoms with Crippen LogP contribution in [0.15, 0.2) is 45.6 Å². The van der Waals surface area contributed by atoms with Crippen LogP contribution < -0.4 is 24.4 Å². The predicted molar refractivity (Wildman–Crippen MR) is 168 cm³/mol. The highest BCUT2D eigenvalue weighted by molar-refractivity contribution is 5.95. The van der Waals surface area contributed by atoms with Crippen molar-refractivity contribution in [3.63, 3.8) is 0 Å². The lowest BCUT2D eigenvalue weighted by atomic mass is 9.97. The van der Waals surface area contributed by atoms with E-state index in [-0.39, 0.29) is 22.5 Å². The first kappa shape index (κ1) is 35.0. The van der Waals surface area contributed by atoms with E-state index in [0.29, 0.717) is 11.3 Å². The Morgan fingerprint density at radius 2 is 0.978 bits per heavy atom. The number of hydrogen-bond donors (Lipinski definition) is 0. The molecule has 0 spiro atoms. The summed E-state index contributed by atoms with van der Waals surface area (Å²) in [5, 5.41) is -0.195. The van der Waals surface area contributed by atoms with Gasteiger partial charge in [0.15, 0.2) is 16.9 Å². The second-order valence-electron chi connectivity index (χ2n) is 15.0. The SMILES string of the molecule is CC(C)(C)C(=O)Oc1ccc(-c2cc(=O)c3c(OC(=O)C(C)(C)C)c(OC(=O)C(C)(C)C)c(OC(=O)C(C)(C)C)cc3o2)cc1. The Bertz CT molecular complexity index is 1700. The number of ether oxygens (including phenoxy) is 4. The van der Waals surface area contributed by atoms with Crippen LogP contribution in [0.25, 0.3) is 22.3 Å². The van der Waals surface area contributed by atoms with E-state index in [1.165, 1.54) is 12.1 Å². The minimum Gasteiger partial charge on any atom is -0.456 e. The average Bonchev–Trinajstić information content (AvgIpc) is 2.88. The van der Waals surface area contributed by atoms with E-state index in [4.69, 9.17) is 23.4 Å². The molecule has 0 radical (unpaired) electrons. The molecule has 0 aliphatic carbocycles. The summed E-state index contributed by atoms with van der Waals surface area (Å²) in [6, 6.07) is 8.79. The van der Waals surface area contributed by atoms with Crippen molar-refractivity contribution in [1.82, 2.24) is 0 Å². The van der Waals surface area contributed by atoms with Crippen LogP contribution in [-0.2, 0) is 19.2 Å². The van der Waals surface area contributed by atoms with Crippen molar-refractivity contribution in [3.8, 4) is 34.3 Å². The van der Waals surface area contributed by atoms with E-state index in [9.17, 15) is 24.0 Å². The Labute approximate surface area is 263 Å². The van der Waals surface area contributed by atoms with Crippen molar-refractivity contribution >= 4 is 34.8 Å². The van der Waals surface area contributed by atoms with Crippen molar-refractivity contribution in [2.75, 3.05) is 0 Å². The maximum absolute atomic E-state index is 13.7. The van der Waals surface area contributed by atoms with Crippen LogP contribution in [0.4, 0.5) is 0 Å². The molecule has 45 heavy (non-hydrogen) atoms. The van der Waals surface area contributed by atoms with Crippen molar-refractivity contribution < 1.29 is 42.5 Å². The van der Waals surface area contributed by atoms with Gasteiger partial charge >= 0.3 is 23.9 Å². The van der Waals surface area contributed by atoms with E-state index in [1.807, 2.05) is 0 Å². The van der Waals surface area contributed by atoms with Crippen LogP contribution in [0.2, 0.25) is 0 Å². The van der Waals surface area contributed by atoms with Crippen molar-refractivity contribution in [2.45, 2.75) is 83.1 Å². The van der Waals surface area contributed by atoms with E-state index >= 15 is 0 Å². The van der Waals surface area contributed by atoms with Gasteiger partial charge in [-0.1, -0.05) is 0 Å². The maximum Gasteiger partial charge on any atom is 0.316 e. The zero-order chi connectivity index (χ0) is 34.3. The van der Waals surface area contributed by atoms with Gasteiger partial charge in [-0.25, -0.2) is 0 Å². The molecule has 3 aromatic rings. The van der Waals surface area contributed by atoms with Gasteiger partial charge in [0.25, 0.3) is 0 Å². The summed E-state index contributed by atoms with van der Waals surface area (Å²) in [6.45, 7) is 19.8. The molecular formula is C35H42O10. The first-order chi connectivity index (χ1) is 20.4. The van der Waals surface area contributed by atoms with E-state index in [0.717, 1.165) is 0 Å². The Morgan fingerprint density at radius 1 is 0.556 bits per heavy atom. The Hall–Kier alpha value is -4.47. The monoisotopic (exact) mass is 622 g/mol. The fraction of sp³-hybridized carbons (Fsp3) is 0.457. The fourth-order valence-corrected chi connectivity index (χ4v) is 3.35. The van der Waals surface area contributed by atoms with E-state index < -0.39 is 62.5 Å². The molecule has 0 saturated heterocycles. The Morgan fingerprint density at radius 3 is 1.44 bits per heavy atom. The maximum atomic E-state index is 13.7. The topological polar surface area (TPSA) is 135 Å². The minimum atomic E-state index is -1.02. The summed E-state index contributed by atoms with van der Waals surface area (Å²) < 4.78 is 28.7. The number of benzene rings is 2. The average molecular weight is 623 g/mol. The summed E-state index contributed by atoms with van der Waals surface area (Å²) >= 11 is 0. The first-order valence-corrected chi connectivity index (χ1v) is 14.5. The zero-order valence-corrected chi connectivity index (χ0v) is 28.0. The molecule has 2 aromatic carbocycles. The lowest BCUT2D eigenvalue weighted by Gasteiger charge is -2.23. The number of rotatable bonds is 5. The third-order valence-electron chi connectivity index (χ3n) is 6.29. The molecular weight excluding hydrogens is 580 g/mol. The van der Waals surface area contributed by atoms with Crippen LogP contribution in [0.5, 0.6) is 23.0 Å². The molecule has 0 amide bonds. The number of fused-ring (bicyclic) bond motifs is 1. The van der Waals surface area contributed by atoms with Crippen molar-refractivity contribution in [2.24, 2.45) is 21.7 Å². The Kier molecular flexibility index (Phi) is 9.45. The second-order valence-corrected chi connectivity index (χ2v) is 15.0. The molecule has 3 rings (SSSR count). The van der Waals surface area contributed by atoms with Crippen molar-refractivity contribution in [3.05, 3.63) is 46.6 Å². The molecule has 0 bridgehead atoms. The standard InChI is InChI=1S/C35H42O10/c1-32(2,3)28(37)41-20-15-13-19(14-16-20)22-17-21(36)25-23(42-22)18-24(43-29(38)33(4,5)6)26(44-30(39)34(7,8)9)27(25)45-31(40)35(10,11)12/h13-18H,1-12H3. The van der Waals surface area contributed by atoms with Gasteiger partial charge in [0.05, 0.1) is 21.7 Å². The molecule has 0 aliphatic heterocycles. The summed E-state index contributed by atoms with van der Waals surface area (Å²) in [5.41, 5.74) is -3.94. The third kappa shape index (κ3) is 8.38. The fourth-order valence-electron chi connectivity index (χ4n) is 3.35. The highest BCUT2D eigenvalue weighted by Crippen LogP contribution is 2.45. The molecule has 1 heterocycles. The molecule has 0 aliphatic rings. The molecule has 0 saturated carbocycles. The van der Waals surface area contributed by atoms with Gasteiger partial charge in [0.2, 0.25) is 5.75 Å². The number of carbonyl (C=O) groups excluding carboxylic acids is 4. The summed E-state index contributed by atoms with van der Waals surface area (Å²) in [6.07, 6.45) is 0. The molecule has 10 nitrogen and oxygen atoms in total. The van der Waals surface area contributed by atoms with Gasteiger partial charge in [-0.3, -0.25) is 24.0 Å². The van der Waals surface area contributed by atoms with Crippen molar-refractivity contribution in [1.29, 1.82) is 0 Å². The minimum absolute atomic E-state index is 0.0929. The summed E-state index contributed by atoms with van der Waals surface area (Å²) in [4.78, 5) is 65.2. The third-order valence-corrected chi connectivity index (χ3v) is 6.29. The number of carbonyl (C=O) groups is 4. The Balaban J connectivity index is 2.30. The number of hydrogen-bond acceptors (Lipinski definition) is 10. The molecule has 242 valence electrons. The molecule has 1 aromatic heterocycles. The zero-order valence-electron chi connectivity index (χ0n) is 28.0. The molecule has 0 N–H and O–H groups in total. The lowest BCUT2D eigenvalue weighted by molar-refractivity contribution is -0.146. The first-order valence-electron chi connectivity index (χ1n) is 14.5. The largest absolute Gasteiger partial charge is 0.456 e. The lowest BCUT2D eigenvalue weighted by Crippen LogP contribution is -2.29. The highest BCUT2D eigenvalue weighted by Gasteiger charge is 2.35. The number of esters is 4. The van der Waals surface area contributed by atoms with Gasteiger partial charge in [0, 0.05) is 17.7 Å².